The van der Waals surface area contributed by atoms with E-state index in [0.29, 0.717) is 5.02 Å². The molecule has 1 aromatic carbocycles. The molecule has 2 N–H and O–H groups in total. The summed E-state index contributed by atoms with van der Waals surface area (Å²) in [6.45, 7) is 0. The van der Waals surface area contributed by atoms with Crippen LogP contribution in [0, 0.1) is 0 Å². The molecule has 4 heteroatoms. The molecule has 88 valence electrons. The summed E-state index contributed by atoms with van der Waals surface area (Å²) < 4.78 is 0.877. The average molecular weight is 312 g/mol. The molecule has 0 amide bonds. The highest BCUT2D eigenvalue weighted by molar-refractivity contribution is 9.10. The van der Waals surface area contributed by atoms with Crippen LogP contribution in [0.5, 0.6) is 0 Å². The Morgan fingerprint density at radius 1 is 1.24 bits per heavy atom. The van der Waals surface area contributed by atoms with E-state index in [1.165, 1.54) is 0 Å². The molecule has 1 heterocycles. The molecule has 0 aliphatic heterocycles. The van der Waals surface area contributed by atoms with Gasteiger partial charge in [-0.1, -0.05) is 23.7 Å². The molecule has 0 saturated carbocycles. The topological polar surface area (TPSA) is 38.9 Å². The van der Waals surface area contributed by atoms with Crippen LogP contribution < -0.4 is 5.73 Å². The predicted octanol–water partition coefficient (Wildman–Crippen LogP) is 3.74. The van der Waals surface area contributed by atoms with Gasteiger partial charge < -0.3 is 5.73 Å². The number of nitrogens with zero attached hydrogens (tertiary/aromatic N) is 1. The van der Waals surface area contributed by atoms with Crippen molar-refractivity contribution in [2.24, 2.45) is 5.73 Å². The maximum atomic E-state index is 6.22. The molecule has 0 aliphatic rings. The van der Waals surface area contributed by atoms with Crippen molar-refractivity contribution in [3.63, 3.8) is 0 Å². The lowest BCUT2D eigenvalue weighted by Gasteiger charge is -2.14. The fraction of sp³-hybridized carbons (Fsp3) is 0.154. The number of benzene rings is 1. The maximum absolute atomic E-state index is 6.22. The molecule has 0 saturated heterocycles. The molecular weight excluding hydrogens is 300 g/mol. The van der Waals surface area contributed by atoms with E-state index in [1.54, 1.807) is 12.4 Å². The van der Waals surface area contributed by atoms with Gasteiger partial charge in [-0.2, -0.15) is 0 Å². The van der Waals surface area contributed by atoms with Gasteiger partial charge in [-0.15, -0.1) is 0 Å². The van der Waals surface area contributed by atoms with Gasteiger partial charge in [-0.3, -0.25) is 4.98 Å². The molecule has 0 fully saturated rings. The van der Waals surface area contributed by atoms with E-state index in [9.17, 15) is 0 Å². The quantitative estimate of drug-likeness (QED) is 0.938. The van der Waals surface area contributed by atoms with Gasteiger partial charge in [0, 0.05) is 22.9 Å². The van der Waals surface area contributed by atoms with Crippen LogP contribution in [0.25, 0.3) is 0 Å². The first kappa shape index (κ1) is 12.6. The fourth-order valence-corrected chi connectivity index (χ4v) is 2.34. The Balaban J connectivity index is 2.20. The molecule has 1 aromatic heterocycles. The molecule has 0 spiro atoms. The van der Waals surface area contributed by atoms with Crippen molar-refractivity contribution in [3.8, 4) is 0 Å². The van der Waals surface area contributed by atoms with Crippen LogP contribution in [-0.4, -0.2) is 4.98 Å². The van der Waals surface area contributed by atoms with E-state index in [4.69, 9.17) is 17.3 Å². The summed E-state index contributed by atoms with van der Waals surface area (Å²) in [5, 5.41) is 0.689. The molecule has 2 aromatic rings. The van der Waals surface area contributed by atoms with Crippen molar-refractivity contribution in [3.05, 3.63) is 63.3 Å². The molecular formula is C13H12BrClN2. The van der Waals surface area contributed by atoms with Crippen LogP contribution in [-0.2, 0) is 6.42 Å². The minimum absolute atomic E-state index is 0.109. The molecule has 1 unspecified atom stereocenters. The zero-order valence-corrected chi connectivity index (χ0v) is 11.4. The van der Waals surface area contributed by atoms with Gasteiger partial charge in [0.25, 0.3) is 0 Å². The number of aromatic nitrogens is 1. The normalized spacial score (nSPS) is 12.4. The summed E-state index contributed by atoms with van der Waals surface area (Å²) in [4.78, 5) is 3.98. The van der Waals surface area contributed by atoms with Crippen LogP contribution in [0.4, 0.5) is 0 Å². The van der Waals surface area contributed by atoms with Gasteiger partial charge >= 0.3 is 0 Å². The maximum Gasteiger partial charge on any atom is 0.0595 e. The summed E-state index contributed by atoms with van der Waals surface area (Å²) >= 11 is 9.62. The van der Waals surface area contributed by atoms with Crippen molar-refractivity contribution < 1.29 is 0 Å². The first-order chi connectivity index (χ1) is 8.18. The van der Waals surface area contributed by atoms with E-state index in [2.05, 4.69) is 20.9 Å². The molecule has 0 radical (unpaired) electrons. The Morgan fingerprint density at radius 3 is 2.65 bits per heavy atom. The van der Waals surface area contributed by atoms with Crippen LogP contribution >= 0.6 is 27.5 Å². The van der Waals surface area contributed by atoms with Gasteiger partial charge in [0.05, 0.1) is 5.02 Å². The number of nitrogens with two attached hydrogens (primary N) is 1. The van der Waals surface area contributed by atoms with Crippen molar-refractivity contribution >= 4 is 27.5 Å². The zero-order chi connectivity index (χ0) is 12.3. The fourth-order valence-electron chi connectivity index (χ4n) is 1.69. The van der Waals surface area contributed by atoms with Gasteiger partial charge in [0.15, 0.2) is 0 Å². The molecule has 2 rings (SSSR count). The van der Waals surface area contributed by atoms with Gasteiger partial charge in [-0.25, -0.2) is 0 Å². The molecule has 17 heavy (non-hydrogen) atoms. The third-order valence-electron chi connectivity index (χ3n) is 2.59. The summed E-state index contributed by atoms with van der Waals surface area (Å²) in [5.74, 6) is 0. The zero-order valence-electron chi connectivity index (χ0n) is 9.11. The first-order valence-corrected chi connectivity index (χ1v) is 6.44. The first-order valence-electron chi connectivity index (χ1n) is 5.27. The number of halogens is 2. The average Bonchev–Trinajstić information content (AvgIpc) is 2.34. The standard InChI is InChI=1S/C13H12BrClN2/c14-11-3-1-2-10(13(11)15)12(16)8-9-4-6-17-7-5-9/h1-7,12H,8,16H2. The third-order valence-corrected chi connectivity index (χ3v) is 3.90. The SMILES string of the molecule is NC(Cc1ccncc1)c1cccc(Br)c1Cl. The lowest BCUT2D eigenvalue weighted by atomic mass is 10.0. The smallest absolute Gasteiger partial charge is 0.0595 e. The van der Waals surface area contributed by atoms with Gasteiger partial charge in [0.1, 0.15) is 0 Å². The number of rotatable bonds is 3. The Hall–Kier alpha value is -0.900. The van der Waals surface area contributed by atoms with Gasteiger partial charge in [-0.05, 0) is 51.7 Å². The Labute approximate surface area is 114 Å². The number of pyridine rings is 1. The Kier molecular flexibility index (Phi) is 4.15. The van der Waals surface area contributed by atoms with E-state index in [-0.39, 0.29) is 6.04 Å². The minimum atomic E-state index is -0.109. The van der Waals surface area contributed by atoms with Crippen molar-refractivity contribution in [1.29, 1.82) is 0 Å². The van der Waals surface area contributed by atoms with E-state index in [1.807, 2.05) is 30.3 Å². The lowest BCUT2D eigenvalue weighted by Crippen LogP contribution is -2.14. The van der Waals surface area contributed by atoms with E-state index < -0.39 is 0 Å². The Bertz CT molecular complexity index is 502. The highest BCUT2D eigenvalue weighted by atomic mass is 79.9. The van der Waals surface area contributed by atoms with Crippen molar-refractivity contribution in [2.75, 3.05) is 0 Å². The molecule has 0 aliphatic carbocycles. The highest BCUT2D eigenvalue weighted by Gasteiger charge is 2.12. The summed E-state index contributed by atoms with van der Waals surface area (Å²) in [7, 11) is 0. The van der Waals surface area contributed by atoms with Crippen LogP contribution in [0.3, 0.4) is 0 Å². The largest absolute Gasteiger partial charge is 0.324 e. The van der Waals surface area contributed by atoms with Crippen LogP contribution in [0.1, 0.15) is 17.2 Å². The van der Waals surface area contributed by atoms with Crippen LogP contribution in [0.15, 0.2) is 47.2 Å². The van der Waals surface area contributed by atoms with Crippen LogP contribution in [0.2, 0.25) is 5.02 Å². The summed E-state index contributed by atoms with van der Waals surface area (Å²) in [6.07, 6.45) is 4.29. The monoisotopic (exact) mass is 310 g/mol. The van der Waals surface area contributed by atoms with E-state index >= 15 is 0 Å². The predicted molar refractivity (Wildman–Crippen MR) is 74.0 cm³/mol. The summed E-state index contributed by atoms with van der Waals surface area (Å²) in [5.41, 5.74) is 8.28. The number of hydrogen-bond acceptors (Lipinski definition) is 2. The van der Waals surface area contributed by atoms with Crippen molar-refractivity contribution in [1.82, 2.24) is 4.98 Å². The lowest BCUT2D eigenvalue weighted by molar-refractivity contribution is 0.721. The Morgan fingerprint density at radius 2 is 1.94 bits per heavy atom. The third kappa shape index (κ3) is 3.06. The highest BCUT2D eigenvalue weighted by Crippen LogP contribution is 2.30. The second-order valence-electron chi connectivity index (χ2n) is 3.81. The second kappa shape index (κ2) is 5.63. The van der Waals surface area contributed by atoms with E-state index in [0.717, 1.165) is 22.0 Å². The molecule has 0 bridgehead atoms. The summed E-state index contributed by atoms with van der Waals surface area (Å²) in [6, 6.07) is 9.63. The molecule has 2 nitrogen and oxygen atoms in total. The minimum Gasteiger partial charge on any atom is -0.324 e. The molecule has 1 atom stereocenters. The van der Waals surface area contributed by atoms with Crippen molar-refractivity contribution in [2.45, 2.75) is 12.5 Å². The van der Waals surface area contributed by atoms with Gasteiger partial charge in [0.2, 0.25) is 0 Å². The second-order valence-corrected chi connectivity index (χ2v) is 5.04. The number of hydrogen-bond donors (Lipinski definition) is 1.